The largest absolute Gasteiger partial charge is 0.463 e. The number of halogens is 1. The van der Waals surface area contributed by atoms with Crippen molar-refractivity contribution in [3.05, 3.63) is 75.7 Å². The zero-order valence-corrected chi connectivity index (χ0v) is 19.8. The summed E-state index contributed by atoms with van der Waals surface area (Å²) in [5.74, 6) is -0.794. The van der Waals surface area contributed by atoms with Gasteiger partial charge in [0.2, 0.25) is 0 Å². The van der Waals surface area contributed by atoms with E-state index in [0.717, 1.165) is 48.7 Å². The van der Waals surface area contributed by atoms with Gasteiger partial charge in [-0.1, -0.05) is 19.1 Å². The minimum absolute atomic E-state index is 0.138. The van der Waals surface area contributed by atoms with Gasteiger partial charge in [0.25, 0.3) is 11.8 Å². The smallest absolute Gasteiger partial charge is 0.273 e. The second-order valence-electron chi connectivity index (χ2n) is 8.54. The quantitative estimate of drug-likeness (QED) is 0.354. The Kier molecular flexibility index (Phi) is 6.24. The summed E-state index contributed by atoms with van der Waals surface area (Å²) >= 11 is 1.49. The molecule has 5 rings (SSSR count). The van der Waals surface area contributed by atoms with E-state index in [1.54, 1.807) is 24.5 Å². The highest BCUT2D eigenvalue weighted by Crippen LogP contribution is 2.38. The molecule has 34 heavy (non-hydrogen) atoms. The molecule has 4 aromatic rings. The summed E-state index contributed by atoms with van der Waals surface area (Å²) in [6, 6.07) is 9.80. The van der Waals surface area contributed by atoms with Gasteiger partial charge in [-0.05, 0) is 55.4 Å². The average Bonchev–Trinajstić information content (AvgIpc) is 3.51. The van der Waals surface area contributed by atoms with Crippen molar-refractivity contribution in [2.75, 3.05) is 11.9 Å². The molecule has 1 aromatic carbocycles. The predicted octanol–water partition coefficient (Wildman–Crippen LogP) is 5.75. The molecule has 0 saturated heterocycles. The van der Waals surface area contributed by atoms with Gasteiger partial charge in [0.1, 0.15) is 16.5 Å². The van der Waals surface area contributed by atoms with Crippen molar-refractivity contribution in [1.82, 2.24) is 9.88 Å². The molecule has 1 aliphatic rings. The Labute approximate surface area is 200 Å². The van der Waals surface area contributed by atoms with E-state index in [0.29, 0.717) is 34.9 Å². The summed E-state index contributed by atoms with van der Waals surface area (Å²) in [5, 5.41) is 6.56. The number of amides is 2. The lowest BCUT2D eigenvalue weighted by Crippen LogP contribution is -2.26. The SMILES string of the molecule is CCCNC(=O)c1c(NC(=O)c2cc3occc3n2Cc2cccc(F)c2)sc2c1CCCC2. The van der Waals surface area contributed by atoms with Crippen molar-refractivity contribution >= 4 is 39.3 Å². The first-order valence-corrected chi connectivity index (χ1v) is 12.4. The molecule has 2 N–H and O–H groups in total. The second kappa shape index (κ2) is 9.46. The van der Waals surface area contributed by atoms with Crippen LogP contribution in [0.3, 0.4) is 0 Å². The molecule has 8 heteroatoms. The summed E-state index contributed by atoms with van der Waals surface area (Å²) in [5.41, 5.74) is 4.11. The Morgan fingerprint density at radius 3 is 2.82 bits per heavy atom. The van der Waals surface area contributed by atoms with Gasteiger partial charge in [0, 0.05) is 30.1 Å². The molecule has 1 aliphatic carbocycles. The van der Waals surface area contributed by atoms with Crippen molar-refractivity contribution in [2.45, 2.75) is 45.6 Å². The highest BCUT2D eigenvalue weighted by Gasteiger charge is 2.27. The number of aromatic nitrogens is 1. The van der Waals surface area contributed by atoms with Crippen LogP contribution in [-0.4, -0.2) is 22.9 Å². The predicted molar refractivity (Wildman–Crippen MR) is 131 cm³/mol. The number of hydrogen-bond acceptors (Lipinski definition) is 4. The molecule has 3 aromatic heterocycles. The number of benzene rings is 1. The topological polar surface area (TPSA) is 76.3 Å². The number of carbonyl (C=O) groups excluding carboxylic acids is 2. The van der Waals surface area contributed by atoms with Gasteiger partial charge < -0.3 is 19.6 Å². The zero-order valence-electron chi connectivity index (χ0n) is 18.9. The van der Waals surface area contributed by atoms with Crippen LogP contribution in [0.4, 0.5) is 9.39 Å². The lowest BCUT2D eigenvalue weighted by molar-refractivity contribution is 0.0954. The number of hydrogen-bond donors (Lipinski definition) is 2. The molecule has 0 atom stereocenters. The van der Waals surface area contributed by atoms with Crippen LogP contribution in [0.1, 0.15) is 63.0 Å². The third kappa shape index (κ3) is 4.25. The fourth-order valence-electron chi connectivity index (χ4n) is 4.54. The average molecular weight is 480 g/mol. The Hall–Kier alpha value is -3.39. The molecule has 0 bridgehead atoms. The number of anilines is 1. The third-order valence-corrected chi connectivity index (χ3v) is 7.35. The van der Waals surface area contributed by atoms with Crippen LogP contribution in [0.25, 0.3) is 11.1 Å². The monoisotopic (exact) mass is 479 g/mol. The number of furan rings is 1. The normalized spacial score (nSPS) is 13.1. The number of carbonyl (C=O) groups is 2. The van der Waals surface area contributed by atoms with Crippen LogP contribution in [0, 0.1) is 5.82 Å². The lowest BCUT2D eigenvalue weighted by Gasteiger charge is -2.13. The molecule has 0 saturated carbocycles. The van der Waals surface area contributed by atoms with E-state index in [1.807, 2.05) is 17.6 Å². The van der Waals surface area contributed by atoms with Gasteiger partial charge in [0.15, 0.2) is 5.58 Å². The van der Waals surface area contributed by atoms with E-state index in [4.69, 9.17) is 4.42 Å². The standard InChI is InChI=1S/C26H26FN3O3S/c1-2-11-28-25(32)23-18-8-3-4-9-22(18)34-26(23)29-24(31)20-14-21-19(10-12-33-21)30(20)15-16-6-5-7-17(27)13-16/h5-7,10,12-14H,2-4,8-9,11,15H2,1H3,(H,28,32)(H,29,31). The number of nitrogens with one attached hydrogen (secondary N) is 2. The van der Waals surface area contributed by atoms with Crippen LogP contribution < -0.4 is 10.6 Å². The fourth-order valence-corrected chi connectivity index (χ4v) is 5.82. The third-order valence-electron chi connectivity index (χ3n) is 6.15. The number of fused-ring (bicyclic) bond motifs is 2. The van der Waals surface area contributed by atoms with Gasteiger partial charge in [-0.2, -0.15) is 0 Å². The Balaban J connectivity index is 1.49. The maximum Gasteiger partial charge on any atom is 0.273 e. The Morgan fingerprint density at radius 1 is 1.15 bits per heavy atom. The highest BCUT2D eigenvalue weighted by atomic mass is 32.1. The second-order valence-corrected chi connectivity index (χ2v) is 9.65. The number of rotatable bonds is 7. The van der Waals surface area contributed by atoms with E-state index in [1.165, 1.54) is 28.3 Å². The van der Waals surface area contributed by atoms with Crippen molar-refractivity contribution in [3.63, 3.8) is 0 Å². The first-order chi connectivity index (χ1) is 16.5. The lowest BCUT2D eigenvalue weighted by atomic mass is 9.95. The van der Waals surface area contributed by atoms with Crippen molar-refractivity contribution in [1.29, 1.82) is 0 Å². The molecule has 0 spiro atoms. The molecule has 2 amide bonds. The molecule has 0 fully saturated rings. The molecular weight excluding hydrogens is 453 g/mol. The number of aryl methyl sites for hydroxylation is 1. The first-order valence-electron chi connectivity index (χ1n) is 11.6. The van der Waals surface area contributed by atoms with E-state index < -0.39 is 0 Å². The van der Waals surface area contributed by atoms with Crippen LogP contribution >= 0.6 is 11.3 Å². The summed E-state index contributed by atoms with van der Waals surface area (Å²) in [6.07, 6.45) is 6.30. The summed E-state index contributed by atoms with van der Waals surface area (Å²) in [4.78, 5) is 27.7. The number of nitrogens with zero attached hydrogens (tertiary/aromatic N) is 1. The summed E-state index contributed by atoms with van der Waals surface area (Å²) < 4.78 is 21.1. The van der Waals surface area contributed by atoms with Crippen LogP contribution in [0.2, 0.25) is 0 Å². The van der Waals surface area contributed by atoms with E-state index >= 15 is 0 Å². The van der Waals surface area contributed by atoms with Gasteiger partial charge in [-0.3, -0.25) is 9.59 Å². The maximum atomic E-state index is 13.8. The van der Waals surface area contributed by atoms with Crippen LogP contribution in [0.15, 0.2) is 47.1 Å². The van der Waals surface area contributed by atoms with Gasteiger partial charge >= 0.3 is 0 Å². The minimum Gasteiger partial charge on any atom is -0.463 e. The van der Waals surface area contributed by atoms with Gasteiger partial charge in [-0.25, -0.2) is 4.39 Å². The van der Waals surface area contributed by atoms with E-state index in [9.17, 15) is 14.0 Å². The highest BCUT2D eigenvalue weighted by molar-refractivity contribution is 7.17. The van der Waals surface area contributed by atoms with E-state index in [2.05, 4.69) is 10.6 Å². The molecule has 0 aliphatic heterocycles. The molecule has 6 nitrogen and oxygen atoms in total. The summed E-state index contributed by atoms with van der Waals surface area (Å²) in [6.45, 7) is 2.91. The summed E-state index contributed by atoms with van der Waals surface area (Å²) in [7, 11) is 0. The van der Waals surface area contributed by atoms with E-state index in [-0.39, 0.29) is 17.6 Å². The van der Waals surface area contributed by atoms with Crippen molar-refractivity contribution < 1.29 is 18.4 Å². The first kappa shape index (κ1) is 22.4. The maximum absolute atomic E-state index is 13.8. The molecule has 3 heterocycles. The Morgan fingerprint density at radius 2 is 2.00 bits per heavy atom. The van der Waals surface area contributed by atoms with Crippen LogP contribution in [0.5, 0.6) is 0 Å². The number of thiophene rings is 1. The molecule has 0 unspecified atom stereocenters. The minimum atomic E-state index is -0.328. The molecule has 0 radical (unpaired) electrons. The fraction of sp³-hybridized carbons (Fsp3) is 0.308. The zero-order chi connectivity index (χ0) is 23.7. The molecular formula is C26H26FN3O3S. The van der Waals surface area contributed by atoms with Crippen molar-refractivity contribution in [2.24, 2.45) is 0 Å². The van der Waals surface area contributed by atoms with Gasteiger partial charge in [-0.15, -0.1) is 11.3 Å². The van der Waals surface area contributed by atoms with Crippen LogP contribution in [-0.2, 0) is 19.4 Å². The molecule has 176 valence electrons. The Bertz CT molecular complexity index is 1370. The van der Waals surface area contributed by atoms with Gasteiger partial charge in [0.05, 0.1) is 17.3 Å². The van der Waals surface area contributed by atoms with Crippen molar-refractivity contribution in [3.8, 4) is 0 Å².